The second kappa shape index (κ2) is 5.81. The first-order valence-corrected chi connectivity index (χ1v) is 5.12. The third-order valence-electron chi connectivity index (χ3n) is 2.20. The summed E-state index contributed by atoms with van der Waals surface area (Å²) in [6.45, 7) is -1.83. The Morgan fingerprint density at radius 2 is 2.00 bits per heavy atom. The van der Waals surface area contributed by atoms with Crippen molar-refractivity contribution in [3.63, 3.8) is 0 Å². The van der Waals surface area contributed by atoms with Crippen LogP contribution in [0.1, 0.15) is 5.56 Å². The second-order valence-electron chi connectivity index (χ2n) is 3.75. The lowest BCUT2D eigenvalue weighted by molar-refractivity contribution is -0.122. The quantitative estimate of drug-likeness (QED) is 0.786. The van der Waals surface area contributed by atoms with Gasteiger partial charge >= 0.3 is 0 Å². The van der Waals surface area contributed by atoms with E-state index in [1.54, 1.807) is 0 Å². The highest BCUT2D eigenvalue weighted by atomic mass is 19.3. The molecule has 7 heteroatoms. The number of hydrogen-bond acceptors (Lipinski definition) is 2. The first kappa shape index (κ1) is 14.4. The second-order valence-corrected chi connectivity index (χ2v) is 3.75. The molecule has 0 unspecified atom stereocenters. The average molecular weight is 264 g/mol. The van der Waals surface area contributed by atoms with Gasteiger partial charge in [-0.05, 0) is 18.2 Å². The third kappa shape index (κ3) is 4.33. The molecule has 0 aliphatic heterocycles. The van der Waals surface area contributed by atoms with Gasteiger partial charge < -0.3 is 11.1 Å². The summed E-state index contributed by atoms with van der Waals surface area (Å²) < 4.78 is 51.4. The Balaban J connectivity index is 2.57. The van der Waals surface area contributed by atoms with Crippen molar-refractivity contribution in [2.24, 2.45) is 5.73 Å². The summed E-state index contributed by atoms with van der Waals surface area (Å²) in [6.07, 6.45) is -0.510. The van der Waals surface area contributed by atoms with Crippen LogP contribution >= 0.6 is 0 Å². The van der Waals surface area contributed by atoms with Gasteiger partial charge in [0.25, 0.3) is 5.92 Å². The fourth-order valence-corrected chi connectivity index (χ4v) is 1.21. The van der Waals surface area contributed by atoms with E-state index in [9.17, 15) is 22.4 Å². The molecule has 0 aromatic heterocycles. The van der Waals surface area contributed by atoms with Gasteiger partial charge in [0.1, 0.15) is 11.6 Å². The van der Waals surface area contributed by atoms with Gasteiger partial charge in [0.05, 0.1) is 19.5 Å². The molecule has 1 aromatic rings. The van der Waals surface area contributed by atoms with Gasteiger partial charge in [-0.1, -0.05) is 0 Å². The molecule has 0 aliphatic rings. The van der Waals surface area contributed by atoms with E-state index in [2.05, 4.69) is 0 Å². The Hall–Kier alpha value is -1.63. The minimum absolute atomic E-state index is 0.191. The molecule has 1 amide bonds. The van der Waals surface area contributed by atoms with Crippen LogP contribution in [0.2, 0.25) is 0 Å². The van der Waals surface area contributed by atoms with Crippen LogP contribution in [0.3, 0.4) is 0 Å². The van der Waals surface area contributed by atoms with Crippen molar-refractivity contribution in [1.29, 1.82) is 0 Å². The zero-order chi connectivity index (χ0) is 13.8. The maximum Gasteiger partial charge on any atom is 0.277 e. The molecular formula is C11H12F4N2O. The molecule has 0 bridgehead atoms. The number of benzene rings is 1. The van der Waals surface area contributed by atoms with Crippen molar-refractivity contribution in [3.8, 4) is 0 Å². The molecule has 0 atom stereocenters. The molecule has 0 aliphatic carbocycles. The lowest BCUT2D eigenvalue weighted by Crippen LogP contribution is -2.42. The van der Waals surface area contributed by atoms with E-state index in [1.807, 2.05) is 5.32 Å². The van der Waals surface area contributed by atoms with Crippen molar-refractivity contribution in [2.75, 3.05) is 13.1 Å². The van der Waals surface area contributed by atoms with Crippen LogP contribution in [-0.2, 0) is 11.2 Å². The highest BCUT2D eigenvalue weighted by molar-refractivity contribution is 5.78. The predicted molar refractivity (Wildman–Crippen MR) is 57.1 cm³/mol. The largest absolute Gasteiger partial charge is 0.350 e. The van der Waals surface area contributed by atoms with E-state index < -0.39 is 43.0 Å². The van der Waals surface area contributed by atoms with E-state index in [-0.39, 0.29) is 5.56 Å². The summed E-state index contributed by atoms with van der Waals surface area (Å²) in [7, 11) is 0. The minimum Gasteiger partial charge on any atom is -0.350 e. The van der Waals surface area contributed by atoms with E-state index in [1.165, 1.54) is 0 Å². The van der Waals surface area contributed by atoms with Gasteiger partial charge in [0.15, 0.2) is 0 Å². The van der Waals surface area contributed by atoms with Crippen molar-refractivity contribution >= 4 is 5.91 Å². The first-order valence-electron chi connectivity index (χ1n) is 5.12. The highest BCUT2D eigenvalue weighted by Gasteiger charge is 2.27. The number of rotatable bonds is 5. The van der Waals surface area contributed by atoms with Gasteiger partial charge in [0.2, 0.25) is 5.91 Å². The summed E-state index contributed by atoms with van der Waals surface area (Å²) >= 11 is 0. The zero-order valence-electron chi connectivity index (χ0n) is 9.35. The molecule has 0 heterocycles. The minimum atomic E-state index is -3.21. The van der Waals surface area contributed by atoms with Gasteiger partial charge in [-0.15, -0.1) is 0 Å². The van der Waals surface area contributed by atoms with Crippen LogP contribution in [0.25, 0.3) is 0 Å². The molecule has 100 valence electrons. The Morgan fingerprint density at radius 1 is 1.33 bits per heavy atom. The molecule has 3 N–H and O–H groups in total. The topological polar surface area (TPSA) is 55.1 Å². The Labute approximate surface area is 101 Å². The van der Waals surface area contributed by atoms with E-state index in [4.69, 9.17) is 5.73 Å². The molecule has 18 heavy (non-hydrogen) atoms. The van der Waals surface area contributed by atoms with Gasteiger partial charge in [-0.2, -0.15) is 0 Å². The molecule has 3 nitrogen and oxygen atoms in total. The third-order valence-corrected chi connectivity index (χ3v) is 2.20. The average Bonchev–Trinajstić information content (AvgIpc) is 2.31. The predicted octanol–water partition coefficient (Wildman–Crippen LogP) is 1.22. The smallest absolute Gasteiger partial charge is 0.277 e. The van der Waals surface area contributed by atoms with Crippen LogP contribution in [-0.4, -0.2) is 24.9 Å². The summed E-state index contributed by atoms with van der Waals surface area (Å²) in [4.78, 5) is 11.3. The fourth-order valence-electron chi connectivity index (χ4n) is 1.21. The van der Waals surface area contributed by atoms with Gasteiger partial charge in [-0.3, -0.25) is 4.79 Å². The number of carbonyl (C=O) groups is 1. The number of hydrogen-bond donors (Lipinski definition) is 2. The van der Waals surface area contributed by atoms with E-state index >= 15 is 0 Å². The molecule has 0 saturated heterocycles. The monoisotopic (exact) mass is 264 g/mol. The Kier molecular flexibility index (Phi) is 4.66. The van der Waals surface area contributed by atoms with Gasteiger partial charge in [-0.25, -0.2) is 17.6 Å². The molecule has 0 spiro atoms. The number of amides is 1. The van der Waals surface area contributed by atoms with Crippen molar-refractivity contribution < 1.29 is 22.4 Å². The van der Waals surface area contributed by atoms with E-state index in [0.717, 1.165) is 18.2 Å². The van der Waals surface area contributed by atoms with Crippen LogP contribution in [0.5, 0.6) is 0 Å². The highest BCUT2D eigenvalue weighted by Crippen LogP contribution is 2.11. The van der Waals surface area contributed by atoms with Gasteiger partial charge in [0, 0.05) is 5.56 Å². The molecular weight excluding hydrogens is 252 g/mol. The van der Waals surface area contributed by atoms with E-state index in [0.29, 0.717) is 0 Å². The number of nitrogens with two attached hydrogens (primary N) is 1. The summed E-state index contributed by atoms with van der Waals surface area (Å²) in [5, 5.41) is 1.91. The standard InChI is InChI=1S/C11H12F4N2O/c12-8-1-2-9(13)7(3-8)4-10(18)17-6-11(14,15)5-16/h1-3H,4-6,16H2,(H,17,18). The zero-order valence-corrected chi connectivity index (χ0v) is 9.35. The lowest BCUT2D eigenvalue weighted by Gasteiger charge is -2.14. The SMILES string of the molecule is NCC(F)(F)CNC(=O)Cc1cc(F)ccc1F. The number of halogens is 4. The lowest BCUT2D eigenvalue weighted by atomic mass is 10.1. The van der Waals surface area contributed by atoms with Crippen LogP contribution in [0.4, 0.5) is 17.6 Å². The molecule has 0 fully saturated rings. The number of nitrogens with one attached hydrogen (secondary N) is 1. The van der Waals surface area contributed by atoms with Crippen molar-refractivity contribution in [1.82, 2.24) is 5.32 Å². The van der Waals surface area contributed by atoms with Crippen LogP contribution < -0.4 is 11.1 Å². The molecule has 1 rings (SSSR count). The summed E-state index contributed by atoms with van der Waals surface area (Å²) in [5.41, 5.74) is 4.59. The van der Waals surface area contributed by atoms with Crippen molar-refractivity contribution in [2.45, 2.75) is 12.3 Å². The maximum absolute atomic E-state index is 13.2. The normalized spacial score (nSPS) is 11.4. The van der Waals surface area contributed by atoms with Crippen molar-refractivity contribution in [3.05, 3.63) is 35.4 Å². The fraction of sp³-hybridized carbons (Fsp3) is 0.364. The first-order chi connectivity index (χ1) is 8.34. The van der Waals surface area contributed by atoms with Crippen LogP contribution in [0, 0.1) is 11.6 Å². The Bertz CT molecular complexity index is 437. The van der Waals surface area contributed by atoms with Crippen LogP contribution in [0.15, 0.2) is 18.2 Å². The molecule has 0 saturated carbocycles. The maximum atomic E-state index is 13.2. The molecule has 1 aromatic carbocycles. The summed E-state index contributed by atoms with van der Waals surface area (Å²) in [6, 6.07) is 2.61. The number of alkyl halides is 2. The summed E-state index contributed by atoms with van der Waals surface area (Å²) in [5.74, 6) is -5.51. The number of carbonyl (C=O) groups excluding carboxylic acids is 1. The molecule has 0 radical (unpaired) electrons. The Morgan fingerprint density at radius 3 is 2.61 bits per heavy atom.